The first-order valence-electron chi connectivity index (χ1n) is 9.97. The quantitative estimate of drug-likeness (QED) is 0.449. The van der Waals surface area contributed by atoms with Gasteiger partial charge in [-0.2, -0.15) is 0 Å². The highest BCUT2D eigenvalue weighted by atomic mass is 16.5. The first kappa shape index (κ1) is 22.9. The second-order valence-electron chi connectivity index (χ2n) is 7.12. The van der Waals surface area contributed by atoms with Gasteiger partial charge in [-0.25, -0.2) is 0 Å². The average Bonchev–Trinajstić information content (AvgIpc) is 2.71. The van der Waals surface area contributed by atoms with E-state index in [4.69, 9.17) is 9.47 Å². The second-order valence-corrected chi connectivity index (χ2v) is 7.12. The van der Waals surface area contributed by atoms with Crippen molar-refractivity contribution in [3.63, 3.8) is 0 Å². The van der Waals surface area contributed by atoms with Gasteiger partial charge in [0.2, 0.25) is 5.91 Å². The Balaban J connectivity index is 1.82. The highest BCUT2D eigenvalue weighted by Gasteiger charge is 2.14. The van der Waals surface area contributed by atoms with Gasteiger partial charge in [0.15, 0.2) is 0 Å². The Kier molecular flexibility index (Phi) is 10.2. The zero-order valence-corrected chi connectivity index (χ0v) is 16.9. The smallest absolute Gasteiger partial charge is 0.220 e. The van der Waals surface area contributed by atoms with Gasteiger partial charge in [-0.15, -0.1) is 0 Å². The molecule has 6 heteroatoms. The normalized spacial score (nSPS) is 13.0. The van der Waals surface area contributed by atoms with E-state index in [-0.39, 0.29) is 24.3 Å². The highest BCUT2D eigenvalue weighted by Crippen LogP contribution is 2.12. The second kappa shape index (κ2) is 12.9. The number of carbonyl (C=O) groups excluding carboxylic acids is 1. The van der Waals surface area contributed by atoms with Crippen molar-refractivity contribution in [2.75, 3.05) is 26.4 Å². The van der Waals surface area contributed by atoms with Crippen LogP contribution in [-0.2, 0) is 27.1 Å². The molecule has 2 aromatic carbocycles. The number of hydrogen-bond donors (Lipinski definition) is 3. The monoisotopic (exact) mass is 401 g/mol. The van der Waals surface area contributed by atoms with Gasteiger partial charge >= 0.3 is 0 Å². The lowest BCUT2D eigenvalue weighted by molar-refractivity contribution is -0.122. The van der Waals surface area contributed by atoms with Crippen LogP contribution in [0.5, 0.6) is 5.75 Å². The van der Waals surface area contributed by atoms with Gasteiger partial charge in [-0.1, -0.05) is 42.5 Å². The summed E-state index contributed by atoms with van der Waals surface area (Å²) in [6.45, 7) is 3.07. The van der Waals surface area contributed by atoms with Crippen molar-refractivity contribution < 1.29 is 24.5 Å². The Morgan fingerprint density at radius 2 is 1.62 bits per heavy atom. The number of aliphatic hydroxyl groups is 1. The molecule has 29 heavy (non-hydrogen) atoms. The number of hydrogen-bond acceptors (Lipinski definition) is 5. The van der Waals surface area contributed by atoms with E-state index >= 15 is 0 Å². The molecular weight excluding hydrogens is 370 g/mol. The summed E-state index contributed by atoms with van der Waals surface area (Å²) in [4.78, 5) is 12.4. The molecule has 0 heterocycles. The van der Waals surface area contributed by atoms with Crippen molar-refractivity contribution in [1.82, 2.24) is 5.32 Å². The van der Waals surface area contributed by atoms with E-state index in [2.05, 4.69) is 5.32 Å². The lowest BCUT2D eigenvalue weighted by atomic mass is 10.1. The van der Waals surface area contributed by atoms with E-state index < -0.39 is 6.10 Å². The molecule has 0 fully saturated rings. The maximum Gasteiger partial charge on any atom is 0.220 e. The third-order valence-electron chi connectivity index (χ3n) is 4.32. The van der Waals surface area contributed by atoms with Gasteiger partial charge in [-0.05, 0) is 43.0 Å². The Morgan fingerprint density at radius 1 is 0.966 bits per heavy atom. The molecule has 0 unspecified atom stereocenters. The summed E-state index contributed by atoms with van der Waals surface area (Å²) in [6.07, 6.45) is 1.20. The number of amides is 1. The number of rotatable bonds is 13. The fourth-order valence-corrected chi connectivity index (χ4v) is 2.87. The number of phenolic OH excluding ortho intramolecular Hbond substituents is 1. The average molecular weight is 402 g/mol. The summed E-state index contributed by atoms with van der Waals surface area (Å²) in [7, 11) is 0. The van der Waals surface area contributed by atoms with Gasteiger partial charge in [-0.3, -0.25) is 4.79 Å². The topological polar surface area (TPSA) is 88.0 Å². The highest BCUT2D eigenvalue weighted by molar-refractivity contribution is 5.76. The van der Waals surface area contributed by atoms with Crippen LogP contribution in [0, 0.1) is 0 Å². The lowest BCUT2D eigenvalue weighted by Crippen LogP contribution is -2.40. The van der Waals surface area contributed by atoms with Crippen LogP contribution in [0.25, 0.3) is 0 Å². The molecule has 0 aliphatic heterocycles. The Morgan fingerprint density at radius 3 is 2.28 bits per heavy atom. The molecule has 0 aliphatic carbocycles. The fraction of sp³-hybridized carbons (Fsp3) is 0.435. The standard InChI is InChI=1S/C23H31NO5/c1-18(25)16-28-13-14-29-17-21(15-20-7-10-22(26)11-8-20)24-23(27)12-9-19-5-3-2-4-6-19/h2-8,10-11,18,21,25-26H,9,12-17H2,1H3,(H,24,27)/t18-,21+/m1/s1. The number of aliphatic hydroxyl groups excluding tert-OH is 1. The maximum atomic E-state index is 12.4. The number of aromatic hydroxyl groups is 1. The van der Waals surface area contributed by atoms with E-state index in [1.54, 1.807) is 19.1 Å². The molecule has 6 nitrogen and oxygen atoms in total. The number of aryl methyl sites for hydroxylation is 1. The zero-order valence-electron chi connectivity index (χ0n) is 16.9. The van der Waals surface area contributed by atoms with Crippen molar-refractivity contribution in [2.24, 2.45) is 0 Å². The Labute approximate surface area is 172 Å². The van der Waals surface area contributed by atoms with Crippen LogP contribution in [0.4, 0.5) is 0 Å². The molecule has 0 spiro atoms. The number of benzene rings is 2. The van der Waals surface area contributed by atoms with E-state index in [1.165, 1.54) is 0 Å². The minimum atomic E-state index is -0.499. The molecule has 158 valence electrons. The van der Waals surface area contributed by atoms with Crippen molar-refractivity contribution in [2.45, 2.75) is 38.3 Å². The summed E-state index contributed by atoms with van der Waals surface area (Å²) in [5.41, 5.74) is 2.13. The van der Waals surface area contributed by atoms with Gasteiger partial charge in [0, 0.05) is 6.42 Å². The van der Waals surface area contributed by atoms with Crippen LogP contribution in [0.15, 0.2) is 54.6 Å². The van der Waals surface area contributed by atoms with E-state index in [9.17, 15) is 15.0 Å². The zero-order chi connectivity index (χ0) is 20.9. The van der Waals surface area contributed by atoms with Gasteiger partial charge in [0.25, 0.3) is 0 Å². The minimum Gasteiger partial charge on any atom is -0.508 e. The van der Waals surface area contributed by atoms with Crippen LogP contribution in [0.2, 0.25) is 0 Å². The van der Waals surface area contributed by atoms with Crippen LogP contribution < -0.4 is 5.32 Å². The third kappa shape index (κ3) is 10.1. The molecule has 0 aromatic heterocycles. The molecule has 0 bridgehead atoms. The molecule has 0 saturated heterocycles. The Bertz CT molecular complexity index is 703. The van der Waals surface area contributed by atoms with Crippen LogP contribution >= 0.6 is 0 Å². The fourth-order valence-electron chi connectivity index (χ4n) is 2.87. The minimum absolute atomic E-state index is 0.0217. The molecule has 0 radical (unpaired) electrons. The summed E-state index contributed by atoms with van der Waals surface area (Å²) < 4.78 is 11.0. The molecule has 2 atom stereocenters. The molecular formula is C23H31NO5. The van der Waals surface area contributed by atoms with Crippen molar-refractivity contribution in [3.05, 3.63) is 65.7 Å². The van der Waals surface area contributed by atoms with Crippen molar-refractivity contribution in [1.29, 1.82) is 0 Å². The van der Waals surface area contributed by atoms with E-state index in [1.807, 2.05) is 42.5 Å². The van der Waals surface area contributed by atoms with E-state index in [0.29, 0.717) is 39.1 Å². The number of carbonyl (C=O) groups is 1. The predicted molar refractivity (Wildman–Crippen MR) is 112 cm³/mol. The molecule has 1 amide bonds. The Hall–Kier alpha value is -2.41. The molecule has 2 aromatic rings. The molecule has 2 rings (SSSR count). The molecule has 0 saturated carbocycles. The van der Waals surface area contributed by atoms with Crippen LogP contribution in [-0.4, -0.2) is 54.7 Å². The lowest BCUT2D eigenvalue weighted by Gasteiger charge is -2.19. The number of nitrogens with one attached hydrogen (secondary N) is 1. The third-order valence-corrected chi connectivity index (χ3v) is 4.32. The van der Waals surface area contributed by atoms with Crippen LogP contribution in [0.1, 0.15) is 24.5 Å². The van der Waals surface area contributed by atoms with Gasteiger partial charge in [0.05, 0.1) is 38.6 Å². The SMILES string of the molecule is C[C@@H](O)COCCOC[C@H](Cc1ccc(O)cc1)NC(=O)CCc1ccccc1. The van der Waals surface area contributed by atoms with Crippen molar-refractivity contribution >= 4 is 5.91 Å². The predicted octanol–water partition coefficient (Wildman–Crippen LogP) is 2.47. The number of phenols is 1. The van der Waals surface area contributed by atoms with E-state index in [0.717, 1.165) is 11.1 Å². The summed E-state index contributed by atoms with van der Waals surface area (Å²) in [6, 6.07) is 16.7. The van der Waals surface area contributed by atoms with Crippen molar-refractivity contribution in [3.8, 4) is 5.75 Å². The molecule has 0 aliphatic rings. The van der Waals surface area contributed by atoms with Gasteiger partial charge < -0.3 is 25.0 Å². The summed E-state index contributed by atoms with van der Waals surface area (Å²) >= 11 is 0. The molecule has 3 N–H and O–H groups in total. The first-order valence-corrected chi connectivity index (χ1v) is 9.97. The number of ether oxygens (including phenoxy) is 2. The first-order chi connectivity index (χ1) is 14.0. The maximum absolute atomic E-state index is 12.4. The van der Waals surface area contributed by atoms with Crippen LogP contribution in [0.3, 0.4) is 0 Å². The summed E-state index contributed by atoms with van der Waals surface area (Å²) in [5, 5.41) is 21.7. The largest absolute Gasteiger partial charge is 0.508 e. The van der Waals surface area contributed by atoms with Gasteiger partial charge in [0.1, 0.15) is 5.75 Å². The summed E-state index contributed by atoms with van der Waals surface area (Å²) in [5.74, 6) is 0.190.